The minimum atomic E-state index is -0.0248. The van der Waals surface area contributed by atoms with Crippen LogP contribution in [0.2, 0.25) is 0 Å². The molecule has 1 heterocycles. The summed E-state index contributed by atoms with van der Waals surface area (Å²) in [5, 5.41) is 2.77. The van der Waals surface area contributed by atoms with E-state index in [1.165, 1.54) is 0 Å². The summed E-state index contributed by atoms with van der Waals surface area (Å²) in [6.07, 6.45) is 0.710. The van der Waals surface area contributed by atoms with Crippen molar-refractivity contribution in [2.45, 2.75) is 27.2 Å². The monoisotopic (exact) mass is 266 g/mol. The van der Waals surface area contributed by atoms with Crippen molar-refractivity contribution in [3.05, 3.63) is 11.9 Å². The lowest BCUT2D eigenvalue weighted by atomic mass is 10.3. The summed E-state index contributed by atoms with van der Waals surface area (Å²) in [6.45, 7) is 7.41. The number of nitrogens with two attached hydrogens (primary N) is 1. The first kappa shape index (κ1) is 15.2. The van der Waals surface area contributed by atoms with Crippen LogP contribution in [0.4, 0.5) is 11.6 Å². The molecule has 1 amide bonds. The summed E-state index contributed by atoms with van der Waals surface area (Å²) >= 11 is 0. The van der Waals surface area contributed by atoms with Gasteiger partial charge in [0.25, 0.3) is 0 Å². The molecule has 7 nitrogen and oxygen atoms in total. The number of nitrogens with one attached hydrogen (secondary N) is 2. The van der Waals surface area contributed by atoms with E-state index in [0.29, 0.717) is 37.0 Å². The molecule has 0 saturated carbocycles. The number of carbonyl (C=O) groups is 1. The molecule has 0 atom stereocenters. The molecule has 0 bridgehead atoms. The number of amides is 1. The zero-order valence-corrected chi connectivity index (χ0v) is 11.7. The maximum absolute atomic E-state index is 11.7. The van der Waals surface area contributed by atoms with E-state index >= 15 is 0 Å². The lowest BCUT2D eigenvalue weighted by Crippen LogP contribution is -2.37. The summed E-state index contributed by atoms with van der Waals surface area (Å²) < 4.78 is 0. The zero-order chi connectivity index (χ0) is 14.3. The number of rotatable bonds is 7. The molecule has 0 spiro atoms. The van der Waals surface area contributed by atoms with E-state index in [1.54, 1.807) is 6.07 Å². The predicted molar refractivity (Wildman–Crippen MR) is 75.8 cm³/mol. The molecule has 1 aromatic rings. The molecule has 0 aliphatic heterocycles. The van der Waals surface area contributed by atoms with Gasteiger partial charge in [0.15, 0.2) is 0 Å². The Morgan fingerprint density at radius 3 is 2.63 bits per heavy atom. The van der Waals surface area contributed by atoms with E-state index in [0.717, 1.165) is 0 Å². The SMILES string of the molecule is CCNC(=O)CN(CC)c1cc(NN)nc(CC)n1. The minimum absolute atomic E-state index is 0.0248. The van der Waals surface area contributed by atoms with Crippen molar-refractivity contribution in [2.24, 2.45) is 5.84 Å². The van der Waals surface area contributed by atoms with Gasteiger partial charge in [0.1, 0.15) is 17.5 Å². The number of nitrogens with zero attached hydrogens (tertiary/aromatic N) is 3. The van der Waals surface area contributed by atoms with Crippen LogP contribution in [-0.2, 0) is 11.2 Å². The smallest absolute Gasteiger partial charge is 0.239 e. The summed E-state index contributed by atoms with van der Waals surface area (Å²) in [5.41, 5.74) is 2.52. The van der Waals surface area contributed by atoms with Crippen LogP contribution in [0.15, 0.2) is 6.07 Å². The molecule has 4 N–H and O–H groups in total. The van der Waals surface area contributed by atoms with Gasteiger partial charge in [0.2, 0.25) is 5.91 Å². The molecule has 19 heavy (non-hydrogen) atoms. The molecule has 0 radical (unpaired) electrons. The van der Waals surface area contributed by atoms with E-state index in [2.05, 4.69) is 20.7 Å². The lowest BCUT2D eigenvalue weighted by molar-refractivity contribution is -0.119. The molecular weight excluding hydrogens is 244 g/mol. The summed E-state index contributed by atoms with van der Waals surface area (Å²) in [5.74, 6) is 7.32. The number of hydrogen-bond acceptors (Lipinski definition) is 6. The fraction of sp³-hybridized carbons (Fsp3) is 0.583. The Hall–Kier alpha value is -1.89. The first-order valence-corrected chi connectivity index (χ1v) is 6.50. The zero-order valence-electron chi connectivity index (χ0n) is 11.7. The fourth-order valence-corrected chi connectivity index (χ4v) is 1.66. The van der Waals surface area contributed by atoms with Gasteiger partial charge >= 0.3 is 0 Å². The highest BCUT2D eigenvalue weighted by Gasteiger charge is 2.12. The largest absolute Gasteiger partial charge is 0.355 e. The summed E-state index contributed by atoms with van der Waals surface area (Å²) in [7, 11) is 0. The second-order valence-electron chi connectivity index (χ2n) is 3.99. The van der Waals surface area contributed by atoms with Gasteiger partial charge in [-0.1, -0.05) is 6.92 Å². The lowest BCUT2D eigenvalue weighted by Gasteiger charge is -2.22. The first-order chi connectivity index (χ1) is 9.14. The summed E-state index contributed by atoms with van der Waals surface area (Å²) in [6, 6.07) is 1.74. The van der Waals surface area contributed by atoms with Gasteiger partial charge in [-0.3, -0.25) is 4.79 Å². The maximum atomic E-state index is 11.7. The van der Waals surface area contributed by atoms with Crippen molar-refractivity contribution in [3.63, 3.8) is 0 Å². The molecule has 0 aromatic carbocycles. The van der Waals surface area contributed by atoms with E-state index in [1.807, 2.05) is 25.7 Å². The van der Waals surface area contributed by atoms with Crippen molar-refractivity contribution in [1.82, 2.24) is 15.3 Å². The number of hydrogen-bond donors (Lipinski definition) is 3. The van der Waals surface area contributed by atoms with Crippen LogP contribution in [0.5, 0.6) is 0 Å². The normalized spacial score (nSPS) is 10.1. The number of carbonyl (C=O) groups excluding carboxylic acids is 1. The third-order valence-corrected chi connectivity index (χ3v) is 2.64. The highest BCUT2D eigenvalue weighted by Crippen LogP contribution is 2.15. The molecule has 106 valence electrons. The number of nitrogen functional groups attached to an aromatic ring is 1. The second-order valence-corrected chi connectivity index (χ2v) is 3.99. The Morgan fingerprint density at radius 2 is 2.11 bits per heavy atom. The molecule has 0 aliphatic carbocycles. The number of aromatic nitrogens is 2. The first-order valence-electron chi connectivity index (χ1n) is 6.50. The molecule has 0 saturated heterocycles. The number of aryl methyl sites for hydroxylation is 1. The number of anilines is 2. The van der Waals surface area contributed by atoms with Crippen molar-refractivity contribution < 1.29 is 4.79 Å². The topological polar surface area (TPSA) is 96.2 Å². The quantitative estimate of drug-likeness (QED) is 0.485. The Bertz CT molecular complexity index is 400. The average molecular weight is 266 g/mol. The van der Waals surface area contributed by atoms with Crippen molar-refractivity contribution in [3.8, 4) is 0 Å². The van der Waals surface area contributed by atoms with E-state index in [-0.39, 0.29) is 12.5 Å². The third kappa shape index (κ3) is 4.36. The van der Waals surface area contributed by atoms with Crippen molar-refractivity contribution in [2.75, 3.05) is 30.0 Å². The number of likely N-dealkylation sites (N-methyl/N-ethyl adjacent to an activating group) is 2. The minimum Gasteiger partial charge on any atom is -0.355 e. The molecule has 1 rings (SSSR count). The number of hydrazine groups is 1. The highest BCUT2D eigenvalue weighted by atomic mass is 16.2. The molecule has 7 heteroatoms. The van der Waals surface area contributed by atoms with Gasteiger partial charge in [-0.15, -0.1) is 0 Å². The predicted octanol–water partition coefficient (Wildman–Crippen LogP) is 0.287. The Kier molecular flexibility index (Phi) is 6.01. The third-order valence-electron chi connectivity index (χ3n) is 2.64. The standard InChI is InChI=1S/C12H22N6O/c1-4-9-15-10(17-13)7-11(16-9)18(6-3)8-12(19)14-5-2/h7H,4-6,8,13H2,1-3H3,(H,14,19)(H,15,16,17). The molecule has 0 fully saturated rings. The molecular formula is C12H22N6O. The van der Waals surface area contributed by atoms with Gasteiger partial charge in [-0.05, 0) is 13.8 Å². The summed E-state index contributed by atoms with van der Waals surface area (Å²) in [4.78, 5) is 22.2. The Balaban J connectivity index is 2.93. The van der Waals surface area contributed by atoms with Gasteiger partial charge in [-0.25, -0.2) is 15.8 Å². The van der Waals surface area contributed by atoms with Crippen LogP contribution < -0.4 is 21.5 Å². The second kappa shape index (κ2) is 7.52. The Labute approximate surface area is 113 Å². The van der Waals surface area contributed by atoms with Crippen LogP contribution in [0.3, 0.4) is 0 Å². The van der Waals surface area contributed by atoms with E-state index < -0.39 is 0 Å². The molecule has 0 unspecified atom stereocenters. The Morgan fingerprint density at radius 1 is 1.37 bits per heavy atom. The fourth-order valence-electron chi connectivity index (χ4n) is 1.66. The molecule has 0 aliphatic rings. The van der Waals surface area contributed by atoms with Crippen LogP contribution >= 0.6 is 0 Å². The molecule has 1 aromatic heterocycles. The maximum Gasteiger partial charge on any atom is 0.239 e. The van der Waals surface area contributed by atoms with Crippen molar-refractivity contribution in [1.29, 1.82) is 0 Å². The van der Waals surface area contributed by atoms with Crippen LogP contribution in [0.25, 0.3) is 0 Å². The van der Waals surface area contributed by atoms with Crippen LogP contribution in [0, 0.1) is 0 Å². The van der Waals surface area contributed by atoms with E-state index in [9.17, 15) is 4.79 Å². The van der Waals surface area contributed by atoms with Crippen LogP contribution in [0.1, 0.15) is 26.6 Å². The van der Waals surface area contributed by atoms with Crippen molar-refractivity contribution >= 4 is 17.5 Å². The van der Waals surface area contributed by atoms with Crippen LogP contribution in [-0.4, -0.2) is 35.5 Å². The van der Waals surface area contributed by atoms with Gasteiger partial charge in [0, 0.05) is 25.6 Å². The van der Waals surface area contributed by atoms with Gasteiger partial charge in [-0.2, -0.15) is 0 Å². The highest BCUT2D eigenvalue weighted by molar-refractivity contribution is 5.81. The van der Waals surface area contributed by atoms with Gasteiger partial charge < -0.3 is 15.6 Å². The van der Waals surface area contributed by atoms with Gasteiger partial charge in [0.05, 0.1) is 6.54 Å². The average Bonchev–Trinajstić information content (AvgIpc) is 2.44. The van der Waals surface area contributed by atoms with E-state index in [4.69, 9.17) is 5.84 Å².